The van der Waals surface area contributed by atoms with Gasteiger partial charge in [0, 0.05) is 38.4 Å². The van der Waals surface area contributed by atoms with E-state index < -0.39 is 17.6 Å². The summed E-state index contributed by atoms with van der Waals surface area (Å²) in [6, 6.07) is 14.4. The minimum Gasteiger partial charge on any atom is -0.497 e. The van der Waals surface area contributed by atoms with Gasteiger partial charge in [-0.2, -0.15) is 4.31 Å². The van der Waals surface area contributed by atoms with Gasteiger partial charge in [0.2, 0.25) is 10.0 Å². The number of anilines is 1. The standard InChI is InChI=1S/C27H44N3O6PS/c1-7-19-30(38(32,33)27-16-14-26(34-6)15-17-27)20-18-24(28-4)21-29(5)25-12-10-23(11-13-25)22-37(31,35-8-2)36-9-3/h10-17,24,28H,7-9,18-22H2,1-6H3/t24-/m1/s1. The number of sulfonamides is 1. The van der Waals surface area contributed by atoms with Crippen LogP contribution in [-0.2, 0) is 29.8 Å². The number of ether oxygens (including phenoxy) is 1. The molecule has 1 atom stereocenters. The van der Waals surface area contributed by atoms with Crippen molar-refractivity contribution in [3.63, 3.8) is 0 Å². The highest BCUT2D eigenvalue weighted by Gasteiger charge is 2.26. The first-order valence-corrected chi connectivity index (χ1v) is 16.3. The number of hydrogen-bond donors (Lipinski definition) is 1. The van der Waals surface area contributed by atoms with Crippen LogP contribution in [0.25, 0.3) is 0 Å². The lowest BCUT2D eigenvalue weighted by Crippen LogP contribution is -2.42. The lowest BCUT2D eigenvalue weighted by atomic mass is 10.1. The van der Waals surface area contributed by atoms with Crippen LogP contribution in [0.5, 0.6) is 5.75 Å². The molecule has 2 aromatic carbocycles. The number of benzene rings is 2. The molecule has 0 aliphatic rings. The van der Waals surface area contributed by atoms with Crippen molar-refractivity contribution < 1.29 is 26.8 Å². The zero-order chi connectivity index (χ0) is 28.2. The Kier molecular flexibility index (Phi) is 13.2. The fourth-order valence-corrected chi connectivity index (χ4v) is 7.41. The van der Waals surface area contributed by atoms with Gasteiger partial charge in [-0.15, -0.1) is 0 Å². The Bertz CT molecular complexity index is 1100. The third-order valence-electron chi connectivity index (χ3n) is 6.20. The maximum Gasteiger partial charge on any atom is 0.335 e. The quantitative estimate of drug-likeness (QED) is 0.251. The Morgan fingerprint density at radius 1 is 0.947 bits per heavy atom. The summed E-state index contributed by atoms with van der Waals surface area (Å²) in [5, 5.41) is 3.33. The van der Waals surface area contributed by atoms with E-state index in [1.54, 1.807) is 49.5 Å². The molecule has 0 bridgehead atoms. The van der Waals surface area contributed by atoms with E-state index in [0.717, 1.165) is 17.7 Å². The van der Waals surface area contributed by atoms with Gasteiger partial charge in [-0.1, -0.05) is 19.1 Å². The Morgan fingerprint density at radius 2 is 1.55 bits per heavy atom. The van der Waals surface area contributed by atoms with Crippen LogP contribution in [0.2, 0.25) is 0 Å². The van der Waals surface area contributed by atoms with E-state index >= 15 is 0 Å². The third-order valence-corrected chi connectivity index (χ3v) is 10.2. The number of nitrogens with one attached hydrogen (secondary N) is 1. The summed E-state index contributed by atoms with van der Waals surface area (Å²) in [7, 11) is -1.31. The van der Waals surface area contributed by atoms with E-state index in [2.05, 4.69) is 10.2 Å². The molecule has 0 amide bonds. The average molecular weight is 570 g/mol. The van der Waals surface area contributed by atoms with E-state index in [1.807, 2.05) is 45.3 Å². The fourth-order valence-electron chi connectivity index (χ4n) is 4.16. The third kappa shape index (κ3) is 9.36. The highest BCUT2D eigenvalue weighted by atomic mass is 32.2. The molecule has 214 valence electrons. The topological polar surface area (TPSA) is 97.4 Å². The lowest BCUT2D eigenvalue weighted by molar-refractivity contribution is 0.219. The molecule has 0 saturated heterocycles. The van der Waals surface area contributed by atoms with Gasteiger partial charge < -0.3 is 24.0 Å². The second-order valence-electron chi connectivity index (χ2n) is 9.01. The van der Waals surface area contributed by atoms with Crippen molar-refractivity contribution in [2.75, 3.05) is 59.0 Å². The smallest absolute Gasteiger partial charge is 0.335 e. The maximum absolute atomic E-state index is 13.3. The summed E-state index contributed by atoms with van der Waals surface area (Å²) in [5.74, 6) is 0.620. The van der Waals surface area contributed by atoms with Crippen LogP contribution in [0.4, 0.5) is 5.69 Å². The predicted octanol–water partition coefficient (Wildman–Crippen LogP) is 4.98. The molecule has 0 radical (unpaired) electrons. The summed E-state index contributed by atoms with van der Waals surface area (Å²) < 4.78 is 57.0. The Morgan fingerprint density at radius 3 is 2.05 bits per heavy atom. The van der Waals surface area contributed by atoms with Crippen molar-refractivity contribution >= 4 is 23.3 Å². The van der Waals surface area contributed by atoms with Crippen molar-refractivity contribution in [3.05, 3.63) is 54.1 Å². The van der Waals surface area contributed by atoms with E-state index in [0.29, 0.717) is 45.0 Å². The fraction of sp³-hybridized carbons (Fsp3) is 0.556. The van der Waals surface area contributed by atoms with Crippen molar-refractivity contribution in [2.24, 2.45) is 0 Å². The maximum atomic E-state index is 13.3. The molecular weight excluding hydrogens is 525 g/mol. The van der Waals surface area contributed by atoms with Crippen molar-refractivity contribution in [1.82, 2.24) is 9.62 Å². The molecular formula is C27H44N3O6PS. The second-order valence-corrected chi connectivity index (χ2v) is 13.0. The van der Waals surface area contributed by atoms with Gasteiger partial charge in [-0.05, 0) is 75.7 Å². The van der Waals surface area contributed by atoms with Gasteiger partial charge in [0.1, 0.15) is 5.75 Å². The molecule has 0 fully saturated rings. The number of hydrogen-bond acceptors (Lipinski definition) is 8. The van der Waals surface area contributed by atoms with Crippen LogP contribution in [0.3, 0.4) is 0 Å². The highest BCUT2D eigenvalue weighted by Crippen LogP contribution is 2.51. The number of methoxy groups -OCH3 is 1. The summed E-state index contributed by atoms with van der Waals surface area (Å²) >= 11 is 0. The Labute approximate surface area is 229 Å². The summed E-state index contributed by atoms with van der Waals surface area (Å²) in [6.45, 7) is 7.80. The summed E-state index contributed by atoms with van der Waals surface area (Å²) in [4.78, 5) is 2.39. The molecule has 2 rings (SSSR count). The van der Waals surface area contributed by atoms with Crippen molar-refractivity contribution in [2.45, 2.75) is 50.7 Å². The first kappa shape index (κ1) is 32.3. The summed E-state index contributed by atoms with van der Waals surface area (Å²) in [5.41, 5.74) is 1.89. The monoisotopic (exact) mass is 569 g/mol. The molecule has 0 heterocycles. The zero-order valence-corrected chi connectivity index (χ0v) is 25.3. The van der Waals surface area contributed by atoms with Gasteiger partial charge in [0.15, 0.2) is 0 Å². The first-order chi connectivity index (χ1) is 18.1. The number of rotatable bonds is 18. The van der Waals surface area contributed by atoms with Gasteiger partial charge in [-0.3, -0.25) is 4.57 Å². The molecule has 0 spiro atoms. The first-order valence-electron chi connectivity index (χ1n) is 13.1. The molecule has 9 nitrogen and oxygen atoms in total. The Hall–Kier alpha value is -1.94. The summed E-state index contributed by atoms with van der Waals surface area (Å²) in [6.07, 6.45) is 1.61. The minimum absolute atomic E-state index is 0.0706. The molecule has 0 aliphatic carbocycles. The van der Waals surface area contributed by atoms with E-state index in [9.17, 15) is 13.0 Å². The second kappa shape index (κ2) is 15.6. The van der Waals surface area contributed by atoms with E-state index in [1.165, 1.54) is 0 Å². The number of likely N-dealkylation sites (N-methyl/N-ethyl adjacent to an activating group) is 2. The Balaban J connectivity index is 2.03. The van der Waals surface area contributed by atoms with Crippen molar-refractivity contribution in [3.8, 4) is 5.75 Å². The molecule has 2 aromatic rings. The molecule has 0 saturated carbocycles. The molecule has 0 aliphatic heterocycles. The lowest BCUT2D eigenvalue weighted by Gasteiger charge is -2.28. The molecule has 1 N–H and O–H groups in total. The van der Waals surface area contributed by atoms with Gasteiger partial charge in [0.05, 0.1) is 31.4 Å². The van der Waals surface area contributed by atoms with E-state index in [-0.39, 0.29) is 17.1 Å². The molecule has 11 heteroatoms. The zero-order valence-electron chi connectivity index (χ0n) is 23.6. The normalized spacial score (nSPS) is 13.0. The SMILES string of the molecule is CCCN(CC[C@H](CN(C)c1ccc(CP(=O)(OCC)OCC)cc1)NC)S(=O)(=O)c1ccc(OC)cc1. The van der Waals surface area contributed by atoms with Crippen molar-refractivity contribution in [1.29, 1.82) is 0 Å². The largest absolute Gasteiger partial charge is 0.497 e. The van der Waals surface area contributed by atoms with E-state index in [4.69, 9.17) is 13.8 Å². The molecule has 0 aromatic heterocycles. The van der Waals surface area contributed by atoms with Crippen LogP contribution in [0.1, 0.15) is 39.2 Å². The van der Waals surface area contributed by atoms with Crippen LogP contribution < -0.4 is 15.0 Å². The predicted molar refractivity (Wildman–Crippen MR) is 154 cm³/mol. The number of nitrogens with zero attached hydrogens (tertiary/aromatic N) is 2. The van der Waals surface area contributed by atoms with Crippen LogP contribution in [0, 0.1) is 0 Å². The van der Waals surface area contributed by atoms with Gasteiger partial charge in [-0.25, -0.2) is 8.42 Å². The van der Waals surface area contributed by atoms with Gasteiger partial charge in [0.25, 0.3) is 0 Å². The van der Waals surface area contributed by atoms with Crippen LogP contribution in [0.15, 0.2) is 53.4 Å². The van der Waals surface area contributed by atoms with Crippen LogP contribution in [-0.4, -0.2) is 72.8 Å². The minimum atomic E-state index is -3.61. The molecule has 38 heavy (non-hydrogen) atoms. The van der Waals surface area contributed by atoms with Gasteiger partial charge >= 0.3 is 7.60 Å². The van der Waals surface area contributed by atoms with Crippen LogP contribution >= 0.6 is 7.60 Å². The highest BCUT2D eigenvalue weighted by molar-refractivity contribution is 7.89. The molecule has 0 unspecified atom stereocenters. The average Bonchev–Trinajstić information content (AvgIpc) is 2.90.